The van der Waals surface area contributed by atoms with Crippen LogP contribution in [0.25, 0.3) is 27.8 Å². The van der Waals surface area contributed by atoms with Crippen LogP contribution >= 0.6 is 0 Å². The lowest BCUT2D eigenvalue weighted by Crippen LogP contribution is -2.36. The Morgan fingerprint density at radius 3 is 2.41 bits per heavy atom. The van der Waals surface area contributed by atoms with Crippen LogP contribution in [-0.4, -0.2) is 56.4 Å². The molecule has 3 aromatic carbocycles. The summed E-state index contributed by atoms with van der Waals surface area (Å²) < 4.78 is 42.2. The fourth-order valence-electron chi connectivity index (χ4n) is 5.00. The van der Waals surface area contributed by atoms with Crippen molar-refractivity contribution in [3.63, 3.8) is 0 Å². The van der Waals surface area contributed by atoms with Crippen LogP contribution in [0.5, 0.6) is 5.88 Å². The number of nitrogens with zero attached hydrogens (tertiary/aromatic N) is 4. The molecule has 10 nitrogen and oxygen atoms in total. The lowest BCUT2D eigenvalue weighted by atomic mass is 10.1. The number of rotatable bonds is 7. The van der Waals surface area contributed by atoms with Gasteiger partial charge in [0, 0.05) is 36.2 Å². The Hall–Kier alpha value is -4.61. The average Bonchev–Trinajstić information content (AvgIpc) is 3.33. The standard InChI is InChI=1S/C30H30N6O4S/c1-20-5-3-4-6-25(20)34-41(37,38)28-18-22(19-32-29(28)39-2)21-7-12-26-27(17-21)36(30(31)33-26)24-10-8-23(9-11-24)35-13-15-40-16-14-35/h3-12,17-19,34H,13-16H2,1-2H3,(H2,31,33). The van der Waals surface area contributed by atoms with Gasteiger partial charge < -0.3 is 20.1 Å². The van der Waals surface area contributed by atoms with Gasteiger partial charge in [-0.2, -0.15) is 0 Å². The molecule has 41 heavy (non-hydrogen) atoms. The van der Waals surface area contributed by atoms with Crippen molar-refractivity contribution < 1.29 is 17.9 Å². The van der Waals surface area contributed by atoms with Crippen molar-refractivity contribution in [1.82, 2.24) is 14.5 Å². The molecule has 3 heterocycles. The highest BCUT2D eigenvalue weighted by atomic mass is 32.2. The number of aryl methyl sites for hydroxylation is 1. The number of imidazole rings is 1. The van der Waals surface area contributed by atoms with E-state index in [9.17, 15) is 8.42 Å². The maximum atomic E-state index is 13.4. The Bertz CT molecular complexity index is 1830. The van der Waals surface area contributed by atoms with Crippen LogP contribution < -0.4 is 20.1 Å². The van der Waals surface area contributed by atoms with Gasteiger partial charge in [0.2, 0.25) is 11.8 Å². The highest BCUT2D eigenvalue weighted by Gasteiger charge is 2.23. The van der Waals surface area contributed by atoms with E-state index in [1.54, 1.807) is 24.4 Å². The molecule has 0 unspecified atom stereocenters. The molecule has 0 bridgehead atoms. The minimum atomic E-state index is -4.00. The van der Waals surface area contributed by atoms with Crippen LogP contribution in [0.4, 0.5) is 17.3 Å². The van der Waals surface area contributed by atoms with E-state index in [4.69, 9.17) is 15.2 Å². The van der Waals surface area contributed by atoms with Crippen molar-refractivity contribution in [3.8, 4) is 22.7 Å². The molecule has 0 atom stereocenters. The number of nitrogens with two attached hydrogens (primary N) is 1. The van der Waals surface area contributed by atoms with Crippen LogP contribution in [0.15, 0.2) is 83.9 Å². The van der Waals surface area contributed by atoms with E-state index in [1.165, 1.54) is 7.11 Å². The van der Waals surface area contributed by atoms with Gasteiger partial charge in [-0.1, -0.05) is 24.3 Å². The van der Waals surface area contributed by atoms with Gasteiger partial charge in [0.1, 0.15) is 4.90 Å². The summed E-state index contributed by atoms with van der Waals surface area (Å²) >= 11 is 0. The number of ether oxygens (including phenoxy) is 2. The highest BCUT2D eigenvalue weighted by molar-refractivity contribution is 7.92. The maximum absolute atomic E-state index is 13.4. The molecule has 210 valence electrons. The first-order valence-electron chi connectivity index (χ1n) is 13.2. The molecule has 2 aromatic heterocycles. The molecule has 5 aromatic rings. The predicted molar refractivity (Wildman–Crippen MR) is 160 cm³/mol. The largest absolute Gasteiger partial charge is 0.480 e. The molecular formula is C30H30N6O4S. The molecule has 3 N–H and O–H groups in total. The fourth-order valence-corrected chi connectivity index (χ4v) is 6.28. The molecule has 1 fully saturated rings. The number of para-hydroxylation sites is 1. The minimum Gasteiger partial charge on any atom is -0.480 e. The lowest BCUT2D eigenvalue weighted by Gasteiger charge is -2.29. The number of methoxy groups -OCH3 is 1. The van der Waals surface area contributed by atoms with Crippen molar-refractivity contribution in [2.75, 3.05) is 48.8 Å². The zero-order valence-electron chi connectivity index (χ0n) is 22.7. The number of nitrogens with one attached hydrogen (secondary N) is 1. The fraction of sp³-hybridized carbons (Fsp3) is 0.200. The van der Waals surface area contributed by atoms with E-state index in [0.717, 1.165) is 59.8 Å². The van der Waals surface area contributed by atoms with Gasteiger partial charge in [-0.25, -0.2) is 18.4 Å². The second kappa shape index (κ2) is 10.8. The van der Waals surface area contributed by atoms with Crippen LogP contribution in [0.1, 0.15) is 5.56 Å². The SMILES string of the molecule is COc1ncc(-c2ccc3nc(N)n(-c4ccc(N5CCOCC5)cc4)c3c2)cc1S(=O)(=O)Nc1ccccc1C. The lowest BCUT2D eigenvalue weighted by molar-refractivity contribution is 0.122. The van der Waals surface area contributed by atoms with Crippen LogP contribution in [0.3, 0.4) is 0 Å². The third kappa shape index (κ3) is 5.17. The van der Waals surface area contributed by atoms with E-state index in [0.29, 0.717) is 17.2 Å². The van der Waals surface area contributed by atoms with Crippen LogP contribution in [0.2, 0.25) is 0 Å². The Morgan fingerprint density at radius 2 is 1.68 bits per heavy atom. The van der Waals surface area contributed by atoms with Gasteiger partial charge in [-0.15, -0.1) is 0 Å². The van der Waals surface area contributed by atoms with Gasteiger partial charge in [-0.3, -0.25) is 9.29 Å². The van der Waals surface area contributed by atoms with Gasteiger partial charge in [0.15, 0.2) is 0 Å². The molecule has 0 spiro atoms. The summed E-state index contributed by atoms with van der Waals surface area (Å²) in [6.07, 6.45) is 1.59. The summed E-state index contributed by atoms with van der Waals surface area (Å²) in [7, 11) is -2.60. The first-order valence-corrected chi connectivity index (χ1v) is 14.7. The van der Waals surface area contributed by atoms with Gasteiger partial charge in [0.25, 0.3) is 10.0 Å². The molecule has 11 heteroatoms. The van der Waals surface area contributed by atoms with E-state index >= 15 is 0 Å². The number of aromatic nitrogens is 3. The van der Waals surface area contributed by atoms with Crippen molar-refractivity contribution >= 4 is 38.4 Å². The van der Waals surface area contributed by atoms with Crippen molar-refractivity contribution in [2.45, 2.75) is 11.8 Å². The maximum Gasteiger partial charge on any atom is 0.267 e. The molecule has 6 rings (SSSR count). The van der Waals surface area contributed by atoms with Gasteiger partial charge in [0.05, 0.1) is 37.0 Å². The number of hydrogen-bond donors (Lipinski definition) is 2. The molecule has 0 radical (unpaired) electrons. The third-order valence-corrected chi connectivity index (χ3v) is 8.55. The normalized spacial score (nSPS) is 13.9. The zero-order chi connectivity index (χ0) is 28.6. The number of morpholine rings is 1. The van der Waals surface area contributed by atoms with Crippen LogP contribution in [0, 0.1) is 6.92 Å². The average molecular weight is 571 g/mol. The van der Waals surface area contributed by atoms with E-state index in [1.807, 2.05) is 54.0 Å². The number of fused-ring (bicyclic) bond motifs is 1. The topological polar surface area (TPSA) is 125 Å². The first-order chi connectivity index (χ1) is 19.8. The molecule has 0 saturated carbocycles. The number of anilines is 3. The van der Waals surface area contributed by atoms with E-state index in [-0.39, 0.29) is 10.8 Å². The molecule has 0 amide bonds. The van der Waals surface area contributed by atoms with Crippen molar-refractivity contribution in [1.29, 1.82) is 0 Å². The Morgan fingerprint density at radius 1 is 0.951 bits per heavy atom. The Labute approximate surface area is 238 Å². The second-order valence-corrected chi connectivity index (χ2v) is 11.4. The van der Waals surface area contributed by atoms with Crippen LogP contribution in [-0.2, 0) is 14.8 Å². The second-order valence-electron chi connectivity index (χ2n) is 9.78. The minimum absolute atomic E-state index is 0.00514. The molecular weight excluding hydrogens is 540 g/mol. The first kappa shape index (κ1) is 26.6. The molecule has 1 saturated heterocycles. The predicted octanol–water partition coefficient (Wildman–Crippen LogP) is 4.62. The summed E-state index contributed by atoms with van der Waals surface area (Å²) in [5, 5.41) is 0. The number of nitrogen functional groups attached to an aromatic ring is 1. The number of benzene rings is 3. The molecule has 1 aliphatic heterocycles. The van der Waals surface area contributed by atoms with Gasteiger partial charge in [-0.05, 0) is 66.6 Å². The highest BCUT2D eigenvalue weighted by Crippen LogP contribution is 2.33. The quantitative estimate of drug-likeness (QED) is 0.290. The Kier molecular flexibility index (Phi) is 6.98. The molecule has 1 aliphatic rings. The van der Waals surface area contributed by atoms with E-state index in [2.05, 4.69) is 31.7 Å². The van der Waals surface area contributed by atoms with Crippen molar-refractivity contribution in [2.24, 2.45) is 0 Å². The summed E-state index contributed by atoms with van der Waals surface area (Å²) in [4.78, 5) is 11.1. The number of sulfonamides is 1. The number of hydrogen-bond acceptors (Lipinski definition) is 8. The summed E-state index contributed by atoms with van der Waals surface area (Å²) in [5.41, 5.74) is 12.5. The summed E-state index contributed by atoms with van der Waals surface area (Å²) in [5.74, 6) is 0.361. The smallest absolute Gasteiger partial charge is 0.267 e. The van der Waals surface area contributed by atoms with E-state index < -0.39 is 10.0 Å². The third-order valence-electron chi connectivity index (χ3n) is 7.19. The molecule has 0 aliphatic carbocycles. The number of pyridine rings is 1. The van der Waals surface area contributed by atoms with Gasteiger partial charge >= 0.3 is 0 Å². The monoisotopic (exact) mass is 570 g/mol. The zero-order valence-corrected chi connectivity index (χ0v) is 23.6. The summed E-state index contributed by atoms with van der Waals surface area (Å²) in [6, 6.07) is 22.6. The van der Waals surface area contributed by atoms with Crippen molar-refractivity contribution in [3.05, 3.63) is 84.6 Å². The Balaban J connectivity index is 1.38. The summed E-state index contributed by atoms with van der Waals surface area (Å²) in [6.45, 7) is 4.98.